The van der Waals surface area contributed by atoms with Gasteiger partial charge in [-0.15, -0.1) is 0 Å². The maximum atomic E-state index is 12.3. The second-order valence-corrected chi connectivity index (χ2v) is 7.15. The lowest BCUT2D eigenvalue weighted by Crippen LogP contribution is -2.40. The molecule has 0 atom stereocenters. The van der Waals surface area contributed by atoms with Crippen molar-refractivity contribution >= 4 is 27.5 Å². The fourth-order valence-electron chi connectivity index (χ4n) is 2.21. The number of nitrogens with two attached hydrogens (primary N) is 1. The third-order valence-electron chi connectivity index (χ3n) is 3.60. The average molecular weight is 309 g/mol. The Morgan fingerprint density at radius 3 is 2.76 bits per heavy atom. The number of fused-ring (bicyclic) bond motifs is 1. The van der Waals surface area contributed by atoms with Crippen LogP contribution in [0.3, 0.4) is 0 Å². The van der Waals surface area contributed by atoms with Crippen LogP contribution in [-0.2, 0) is 14.8 Å². The minimum atomic E-state index is -3.99. The molecule has 1 saturated carbocycles. The molecule has 0 unspecified atom stereocenters. The van der Waals surface area contributed by atoms with Crippen molar-refractivity contribution in [3.05, 3.63) is 23.8 Å². The Morgan fingerprint density at radius 1 is 1.38 bits per heavy atom. The SMILES string of the molecule is Nc1ccc2c(c1)S(=O)(=O)N(CC(=O)NCC1CC1)C2=O. The van der Waals surface area contributed by atoms with Crippen LogP contribution in [0.25, 0.3) is 0 Å². The third kappa shape index (κ3) is 2.46. The molecule has 1 fully saturated rings. The molecule has 21 heavy (non-hydrogen) atoms. The molecule has 1 aliphatic heterocycles. The van der Waals surface area contributed by atoms with Gasteiger partial charge in [0.1, 0.15) is 11.4 Å². The van der Waals surface area contributed by atoms with E-state index in [0.29, 0.717) is 16.8 Å². The van der Waals surface area contributed by atoms with Crippen LogP contribution in [0.4, 0.5) is 5.69 Å². The minimum Gasteiger partial charge on any atom is -0.399 e. The van der Waals surface area contributed by atoms with E-state index in [0.717, 1.165) is 12.8 Å². The molecule has 1 aromatic rings. The molecule has 0 radical (unpaired) electrons. The second kappa shape index (κ2) is 4.73. The molecule has 0 aromatic heterocycles. The summed E-state index contributed by atoms with van der Waals surface area (Å²) in [7, 11) is -3.99. The van der Waals surface area contributed by atoms with E-state index in [1.54, 1.807) is 0 Å². The first-order valence-electron chi connectivity index (χ1n) is 6.63. The molecular weight excluding hydrogens is 294 g/mol. The van der Waals surface area contributed by atoms with E-state index in [1.807, 2.05) is 0 Å². The molecular formula is C13H15N3O4S. The fourth-order valence-corrected chi connectivity index (χ4v) is 3.77. The van der Waals surface area contributed by atoms with Gasteiger partial charge in [-0.2, -0.15) is 0 Å². The van der Waals surface area contributed by atoms with E-state index >= 15 is 0 Å². The van der Waals surface area contributed by atoms with Crippen LogP contribution < -0.4 is 11.1 Å². The second-order valence-electron chi connectivity index (χ2n) is 5.32. The summed E-state index contributed by atoms with van der Waals surface area (Å²) in [6.07, 6.45) is 2.15. The number of hydrogen-bond acceptors (Lipinski definition) is 5. The van der Waals surface area contributed by atoms with Crippen molar-refractivity contribution in [2.24, 2.45) is 5.92 Å². The topological polar surface area (TPSA) is 110 Å². The van der Waals surface area contributed by atoms with Crippen molar-refractivity contribution in [3.8, 4) is 0 Å². The van der Waals surface area contributed by atoms with Gasteiger partial charge in [0.25, 0.3) is 15.9 Å². The number of amides is 2. The quantitative estimate of drug-likeness (QED) is 0.757. The van der Waals surface area contributed by atoms with Crippen LogP contribution in [0.1, 0.15) is 23.2 Å². The first-order chi connectivity index (χ1) is 9.89. The molecule has 2 amide bonds. The van der Waals surface area contributed by atoms with Crippen LogP contribution in [-0.4, -0.2) is 37.6 Å². The molecule has 1 aromatic carbocycles. The summed E-state index contributed by atoms with van der Waals surface area (Å²) >= 11 is 0. The summed E-state index contributed by atoms with van der Waals surface area (Å²) < 4.78 is 25.2. The lowest BCUT2D eigenvalue weighted by molar-refractivity contribution is -0.121. The summed E-state index contributed by atoms with van der Waals surface area (Å²) in [4.78, 5) is 23.8. The van der Waals surface area contributed by atoms with Crippen LogP contribution >= 0.6 is 0 Å². The molecule has 7 nitrogen and oxygen atoms in total. The maximum absolute atomic E-state index is 12.3. The summed E-state index contributed by atoms with van der Waals surface area (Å²) in [5.74, 6) is -0.678. The largest absolute Gasteiger partial charge is 0.399 e. The normalized spacial score (nSPS) is 19.4. The molecule has 3 rings (SSSR count). The predicted molar refractivity (Wildman–Crippen MR) is 74.8 cm³/mol. The van der Waals surface area contributed by atoms with Gasteiger partial charge >= 0.3 is 0 Å². The molecule has 0 saturated heterocycles. The number of rotatable bonds is 4. The number of anilines is 1. The number of carbonyl (C=O) groups excluding carboxylic acids is 2. The highest BCUT2D eigenvalue weighted by atomic mass is 32.2. The van der Waals surface area contributed by atoms with Crippen LogP contribution in [0, 0.1) is 5.92 Å². The van der Waals surface area contributed by atoms with E-state index < -0.39 is 28.4 Å². The van der Waals surface area contributed by atoms with E-state index in [1.165, 1.54) is 18.2 Å². The Labute approximate surface area is 122 Å². The third-order valence-corrected chi connectivity index (χ3v) is 5.37. The Hall–Kier alpha value is -2.09. The van der Waals surface area contributed by atoms with Gasteiger partial charge < -0.3 is 11.1 Å². The molecule has 3 N–H and O–H groups in total. The molecule has 0 spiro atoms. The summed E-state index contributed by atoms with van der Waals surface area (Å²) in [6, 6.07) is 4.07. The lowest BCUT2D eigenvalue weighted by Gasteiger charge is -2.14. The van der Waals surface area contributed by atoms with Gasteiger partial charge in [-0.1, -0.05) is 0 Å². The van der Waals surface area contributed by atoms with Crippen molar-refractivity contribution in [2.45, 2.75) is 17.7 Å². The van der Waals surface area contributed by atoms with Crippen molar-refractivity contribution in [2.75, 3.05) is 18.8 Å². The number of nitrogens with zero attached hydrogens (tertiary/aromatic N) is 1. The van der Waals surface area contributed by atoms with E-state index in [9.17, 15) is 18.0 Å². The summed E-state index contributed by atoms with van der Waals surface area (Å²) in [6.45, 7) is 0.0310. The first-order valence-corrected chi connectivity index (χ1v) is 8.07. The number of carbonyl (C=O) groups is 2. The number of sulfonamides is 1. The molecule has 0 bridgehead atoms. The Kier molecular flexibility index (Phi) is 3.12. The zero-order valence-corrected chi connectivity index (χ0v) is 12.0. The molecule has 1 heterocycles. The minimum absolute atomic E-state index is 0.0548. The van der Waals surface area contributed by atoms with Crippen LogP contribution in [0.5, 0.6) is 0 Å². The molecule has 2 aliphatic rings. The average Bonchev–Trinajstić information content (AvgIpc) is 3.23. The monoisotopic (exact) mass is 309 g/mol. The van der Waals surface area contributed by atoms with Crippen molar-refractivity contribution in [1.29, 1.82) is 0 Å². The standard InChI is InChI=1S/C13H15N3O4S/c14-9-3-4-10-11(5-9)21(19,20)16(13(10)18)7-12(17)15-6-8-1-2-8/h3-5,8H,1-2,6-7,14H2,(H,15,17). The van der Waals surface area contributed by atoms with Gasteiger partial charge in [0.15, 0.2) is 0 Å². The number of nitrogen functional groups attached to an aromatic ring is 1. The Morgan fingerprint density at radius 2 is 2.10 bits per heavy atom. The predicted octanol–water partition coefficient (Wildman–Crippen LogP) is -0.0605. The van der Waals surface area contributed by atoms with Gasteiger partial charge in [-0.25, -0.2) is 12.7 Å². The smallest absolute Gasteiger partial charge is 0.269 e. The zero-order valence-electron chi connectivity index (χ0n) is 11.2. The number of nitrogens with one attached hydrogen (secondary N) is 1. The van der Waals surface area contributed by atoms with Gasteiger partial charge in [0, 0.05) is 12.2 Å². The van der Waals surface area contributed by atoms with Crippen molar-refractivity contribution < 1.29 is 18.0 Å². The highest BCUT2D eigenvalue weighted by Crippen LogP contribution is 2.31. The van der Waals surface area contributed by atoms with E-state index in [4.69, 9.17) is 5.73 Å². The van der Waals surface area contributed by atoms with E-state index in [2.05, 4.69) is 5.32 Å². The molecule has 1 aliphatic carbocycles. The van der Waals surface area contributed by atoms with Gasteiger partial charge in [0.05, 0.1) is 5.56 Å². The Bertz CT molecular complexity index is 725. The zero-order chi connectivity index (χ0) is 15.2. The van der Waals surface area contributed by atoms with Gasteiger partial charge in [0.2, 0.25) is 5.91 Å². The van der Waals surface area contributed by atoms with Crippen molar-refractivity contribution in [1.82, 2.24) is 9.62 Å². The Balaban J connectivity index is 1.80. The highest BCUT2D eigenvalue weighted by Gasteiger charge is 2.42. The lowest BCUT2D eigenvalue weighted by atomic mass is 10.2. The highest BCUT2D eigenvalue weighted by molar-refractivity contribution is 7.90. The summed E-state index contributed by atoms with van der Waals surface area (Å²) in [5.41, 5.74) is 5.87. The number of hydrogen-bond donors (Lipinski definition) is 2. The molecule has 112 valence electrons. The maximum Gasteiger partial charge on any atom is 0.269 e. The van der Waals surface area contributed by atoms with Gasteiger partial charge in [-0.3, -0.25) is 9.59 Å². The van der Waals surface area contributed by atoms with Gasteiger partial charge in [-0.05, 0) is 37.0 Å². The fraction of sp³-hybridized carbons (Fsp3) is 0.385. The summed E-state index contributed by atoms with van der Waals surface area (Å²) in [5, 5.41) is 2.65. The van der Waals surface area contributed by atoms with Crippen LogP contribution in [0.2, 0.25) is 0 Å². The van der Waals surface area contributed by atoms with Crippen molar-refractivity contribution in [3.63, 3.8) is 0 Å². The molecule has 8 heteroatoms. The number of benzene rings is 1. The van der Waals surface area contributed by atoms with Crippen LogP contribution in [0.15, 0.2) is 23.1 Å². The first kappa shape index (κ1) is 13.9. The van der Waals surface area contributed by atoms with E-state index in [-0.39, 0.29) is 16.1 Å².